The van der Waals surface area contributed by atoms with Crippen molar-refractivity contribution >= 4 is 12.0 Å². The zero-order valence-electron chi connectivity index (χ0n) is 11.4. The maximum Gasteiger partial charge on any atom is 0.407 e. The number of halogens is 1. The molecule has 0 unspecified atom stereocenters. The quantitative estimate of drug-likeness (QED) is 0.798. The maximum absolute atomic E-state index is 12.9. The summed E-state index contributed by atoms with van der Waals surface area (Å²) in [7, 11) is 0. The van der Waals surface area contributed by atoms with E-state index >= 15 is 0 Å². The van der Waals surface area contributed by atoms with Gasteiger partial charge in [-0.25, -0.2) is 9.18 Å². The molecule has 0 aliphatic rings. The Bertz CT molecular complexity index is 452. The van der Waals surface area contributed by atoms with Crippen LogP contribution in [0.2, 0.25) is 0 Å². The summed E-state index contributed by atoms with van der Waals surface area (Å²) in [5.41, 5.74) is 0.829. The van der Waals surface area contributed by atoms with E-state index in [-0.39, 0.29) is 24.7 Å². The molecule has 0 atom stereocenters. The minimum absolute atomic E-state index is 0.168. The molecule has 0 saturated heterocycles. The first-order valence-corrected chi connectivity index (χ1v) is 6.53. The lowest BCUT2D eigenvalue weighted by Crippen LogP contribution is -2.31. The predicted octanol–water partition coefficient (Wildman–Crippen LogP) is 1.62. The van der Waals surface area contributed by atoms with Crippen LogP contribution in [-0.4, -0.2) is 31.7 Å². The fourth-order valence-corrected chi connectivity index (χ4v) is 1.59. The third kappa shape index (κ3) is 6.72. The second kappa shape index (κ2) is 8.90. The molecule has 5 nitrogen and oxygen atoms in total. The minimum Gasteiger partial charge on any atom is -0.450 e. The first-order chi connectivity index (χ1) is 9.61. The molecule has 0 aliphatic heterocycles. The molecule has 0 fully saturated rings. The lowest BCUT2D eigenvalue weighted by molar-refractivity contribution is -0.120. The standard InChI is InChI=1S/C14H19FN2O3/c1-2-20-14(19)17-9-7-13(18)16-8-6-11-4-3-5-12(15)10-11/h3-5,10H,2,6-9H2,1H3,(H,16,18)(H,17,19). The van der Waals surface area contributed by atoms with Gasteiger partial charge in [0, 0.05) is 19.5 Å². The van der Waals surface area contributed by atoms with Gasteiger partial charge in [0.2, 0.25) is 5.91 Å². The molecule has 110 valence electrons. The van der Waals surface area contributed by atoms with Crippen LogP contribution in [0.4, 0.5) is 9.18 Å². The highest BCUT2D eigenvalue weighted by molar-refractivity contribution is 5.76. The molecule has 0 saturated carbocycles. The Morgan fingerprint density at radius 2 is 2.05 bits per heavy atom. The normalized spacial score (nSPS) is 9.90. The van der Waals surface area contributed by atoms with Crippen molar-refractivity contribution in [3.05, 3.63) is 35.6 Å². The Hall–Kier alpha value is -2.11. The number of benzene rings is 1. The molecule has 2 amide bonds. The van der Waals surface area contributed by atoms with Crippen molar-refractivity contribution < 1.29 is 18.7 Å². The van der Waals surface area contributed by atoms with Crippen LogP contribution in [0, 0.1) is 5.82 Å². The predicted molar refractivity (Wildman–Crippen MR) is 72.8 cm³/mol. The Labute approximate surface area is 117 Å². The summed E-state index contributed by atoms with van der Waals surface area (Å²) in [5, 5.41) is 5.16. The van der Waals surface area contributed by atoms with Crippen LogP contribution in [0.1, 0.15) is 18.9 Å². The van der Waals surface area contributed by atoms with E-state index in [1.54, 1.807) is 19.1 Å². The van der Waals surface area contributed by atoms with E-state index in [2.05, 4.69) is 15.4 Å². The third-order valence-electron chi connectivity index (χ3n) is 2.52. The van der Waals surface area contributed by atoms with E-state index in [9.17, 15) is 14.0 Å². The van der Waals surface area contributed by atoms with Gasteiger partial charge in [-0.05, 0) is 31.0 Å². The highest BCUT2D eigenvalue weighted by Crippen LogP contribution is 2.03. The van der Waals surface area contributed by atoms with Crippen LogP contribution in [0.3, 0.4) is 0 Å². The molecule has 0 bridgehead atoms. The highest BCUT2D eigenvalue weighted by atomic mass is 19.1. The van der Waals surface area contributed by atoms with Crippen molar-refractivity contribution in [2.75, 3.05) is 19.7 Å². The van der Waals surface area contributed by atoms with Crippen LogP contribution in [0.25, 0.3) is 0 Å². The summed E-state index contributed by atoms with van der Waals surface area (Å²) in [6.07, 6.45) is 0.219. The van der Waals surface area contributed by atoms with E-state index in [1.165, 1.54) is 12.1 Å². The highest BCUT2D eigenvalue weighted by Gasteiger charge is 2.04. The summed E-state index contributed by atoms with van der Waals surface area (Å²) in [6, 6.07) is 6.25. The van der Waals surface area contributed by atoms with Crippen molar-refractivity contribution in [3.63, 3.8) is 0 Å². The van der Waals surface area contributed by atoms with Crippen LogP contribution in [-0.2, 0) is 16.0 Å². The third-order valence-corrected chi connectivity index (χ3v) is 2.52. The van der Waals surface area contributed by atoms with Crippen molar-refractivity contribution in [1.82, 2.24) is 10.6 Å². The molecule has 0 heterocycles. The largest absolute Gasteiger partial charge is 0.450 e. The van der Waals surface area contributed by atoms with E-state index in [0.717, 1.165) is 5.56 Å². The van der Waals surface area contributed by atoms with Crippen LogP contribution >= 0.6 is 0 Å². The molecule has 6 heteroatoms. The zero-order valence-corrected chi connectivity index (χ0v) is 11.4. The molecule has 0 spiro atoms. The number of nitrogens with one attached hydrogen (secondary N) is 2. The van der Waals surface area contributed by atoms with Crippen LogP contribution in [0.5, 0.6) is 0 Å². The number of rotatable bonds is 7. The second-order valence-electron chi connectivity index (χ2n) is 4.13. The number of carbonyl (C=O) groups excluding carboxylic acids is 2. The van der Waals surface area contributed by atoms with E-state index < -0.39 is 6.09 Å². The van der Waals surface area contributed by atoms with Crippen molar-refractivity contribution in [2.24, 2.45) is 0 Å². The molecule has 1 aromatic carbocycles. The Morgan fingerprint density at radius 1 is 1.25 bits per heavy atom. The first-order valence-electron chi connectivity index (χ1n) is 6.53. The number of hydrogen-bond acceptors (Lipinski definition) is 3. The molecule has 2 N–H and O–H groups in total. The smallest absolute Gasteiger partial charge is 0.407 e. The van der Waals surface area contributed by atoms with E-state index in [0.29, 0.717) is 19.6 Å². The molecule has 20 heavy (non-hydrogen) atoms. The van der Waals surface area contributed by atoms with Crippen LogP contribution < -0.4 is 10.6 Å². The monoisotopic (exact) mass is 282 g/mol. The summed E-state index contributed by atoms with van der Waals surface area (Å²) in [6.45, 7) is 2.66. The van der Waals surface area contributed by atoms with Gasteiger partial charge in [0.1, 0.15) is 5.82 Å². The Kier molecular flexibility index (Phi) is 7.10. The Balaban J connectivity index is 2.13. The Morgan fingerprint density at radius 3 is 2.75 bits per heavy atom. The SMILES string of the molecule is CCOC(=O)NCCC(=O)NCCc1cccc(F)c1. The lowest BCUT2D eigenvalue weighted by Gasteiger charge is -2.07. The van der Waals surface area contributed by atoms with Gasteiger partial charge in [-0.1, -0.05) is 12.1 Å². The minimum atomic E-state index is -0.528. The summed E-state index contributed by atoms with van der Waals surface area (Å²) < 4.78 is 17.6. The molecule has 1 aromatic rings. The second-order valence-corrected chi connectivity index (χ2v) is 4.13. The van der Waals surface area contributed by atoms with Gasteiger partial charge in [-0.2, -0.15) is 0 Å². The fraction of sp³-hybridized carbons (Fsp3) is 0.429. The zero-order chi connectivity index (χ0) is 14.8. The number of amides is 2. The molecule has 0 aromatic heterocycles. The topological polar surface area (TPSA) is 67.4 Å². The molecule has 1 rings (SSSR count). The molecule has 0 radical (unpaired) electrons. The van der Waals surface area contributed by atoms with Crippen molar-refractivity contribution in [1.29, 1.82) is 0 Å². The average molecular weight is 282 g/mol. The van der Waals surface area contributed by atoms with Gasteiger partial charge in [0.25, 0.3) is 0 Å². The molecule has 0 aliphatic carbocycles. The number of alkyl carbamates (subject to hydrolysis) is 1. The van der Waals surface area contributed by atoms with Gasteiger partial charge in [-0.3, -0.25) is 4.79 Å². The van der Waals surface area contributed by atoms with Crippen molar-refractivity contribution in [2.45, 2.75) is 19.8 Å². The fourth-order valence-electron chi connectivity index (χ4n) is 1.59. The molecular formula is C14H19FN2O3. The van der Waals surface area contributed by atoms with Gasteiger partial charge in [0.05, 0.1) is 6.61 Å². The lowest BCUT2D eigenvalue weighted by atomic mass is 10.1. The number of carbonyl (C=O) groups is 2. The summed E-state index contributed by atoms with van der Waals surface area (Å²) >= 11 is 0. The van der Waals surface area contributed by atoms with Crippen molar-refractivity contribution in [3.8, 4) is 0 Å². The van der Waals surface area contributed by atoms with E-state index in [4.69, 9.17) is 0 Å². The van der Waals surface area contributed by atoms with Gasteiger partial charge in [0.15, 0.2) is 0 Å². The van der Waals surface area contributed by atoms with Crippen LogP contribution in [0.15, 0.2) is 24.3 Å². The first kappa shape index (κ1) is 15.9. The van der Waals surface area contributed by atoms with Gasteiger partial charge < -0.3 is 15.4 Å². The average Bonchev–Trinajstić information content (AvgIpc) is 2.39. The van der Waals surface area contributed by atoms with Gasteiger partial charge in [-0.15, -0.1) is 0 Å². The van der Waals surface area contributed by atoms with E-state index in [1.807, 2.05) is 0 Å². The number of hydrogen-bond donors (Lipinski definition) is 2. The van der Waals surface area contributed by atoms with Gasteiger partial charge >= 0.3 is 6.09 Å². The number of ether oxygens (including phenoxy) is 1. The summed E-state index contributed by atoms with van der Waals surface area (Å²) in [4.78, 5) is 22.4. The summed E-state index contributed by atoms with van der Waals surface area (Å²) in [5.74, 6) is -0.453. The molecular weight excluding hydrogens is 263 g/mol. The maximum atomic E-state index is 12.9.